The zero-order chi connectivity index (χ0) is 13.2. The summed E-state index contributed by atoms with van der Waals surface area (Å²) in [5.74, 6) is -1.28. The van der Waals surface area contributed by atoms with E-state index in [2.05, 4.69) is 0 Å². The van der Waals surface area contributed by atoms with Gasteiger partial charge in [0.25, 0.3) is 0 Å². The average molecular weight is 298 g/mol. The van der Waals surface area contributed by atoms with Gasteiger partial charge in [0, 0.05) is 10.0 Å². The number of hydrogen-bond acceptors (Lipinski definition) is 3. The molecule has 1 atom stereocenters. The zero-order valence-corrected chi connectivity index (χ0v) is 11.0. The average Bonchev–Trinajstić information content (AvgIpc) is 2.15. The molecule has 0 aliphatic carbocycles. The van der Waals surface area contributed by atoms with Crippen molar-refractivity contribution in [2.24, 2.45) is 0 Å². The molecule has 1 aromatic rings. The fraction of sp³-hybridized carbons (Fsp3) is 0.222. The summed E-state index contributed by atoms with van der Waals surface area (Å²) in [6, 6.07) is 2.51. The van der Waals surface area contributed by atoms with Gasteiger partial charge in [-0.1, -0.05) is 23.2 Å². The molecule has 5 nitrogen and oxygen atoms in total. The van der Waals surface area contributed by atoms with Gasteiger partial charge in [-0.2, -0.15) is 4.72 Å². The summed E-state index contributed by atoms with van der Waals surface area (Å²) in [4.78, 5) is 10.4. The predicted octanol–water partition coefficient (Wildman–Crippen LogP) is 1.74. The quantitative estimate of drug-likeness (QED) is 0.887. The van der Waals surface area contributed by atoms with E-state index in [4.69, 9.17) is 28.3 Å². The SMILES string of the molecule is C[C@H](NS(=O)(=O)c1cc(Cl)cc(Cl)c1)C(=O)O. The van der Waals surface area contributed by atoms with Gasteiger partial charge >= 0.3 is 5.97 Å². The number of nitrogens with one attached hydrogen (secondary N) is 1. The summed E-state index contributed by atoms with van der Waals surface area (Å²) in [5.41, 5.74) is 0. The van der Waals surface area contributed by atoms with Crippen LogP contribution in [0.25, 0.3) is 0 Å². The second-order valence-electron chi connectivity index (χ2n) is 3.29. The van der Waals surface area contributed by atoms with E-state index in [1.54, 1.807) is 0 Å². The van der Waals surface area contributed by atoms with Crippen molar-refractivity contribution in [2.75, 3.05) is 0 Å². The maximum Gasteiger partial charge on any atom is 0.321 e. The molecule has 0 amide bonds. The molecule has 94 valence electrons. The highest BCUT2D eigenvalue weighted by Gasteiger charge is 2.22. The fourth-order valence-electron chi connectivity index (χ4n) is 1.03. The van der Waals surface area contributed by atoms with Crippen molar-refractivity contribution in [3.05, 3.63) is 28.2 Å². The number of hydrogen-bond donors (Lipinski definition) is 2. The van der Waals surface area contributed by atoms with Crippen LogP contribution in [0.4, 0.5) is 0 Å². The Morgan fingerprint density at radius 2 is 1.76 bits per heavy atom. The molecule has 0 saturated heterocycles. The van der Waals surface area contributed by atoms with Crippen molar-refractivity contribution in [3.63, 3.8) is 0 Å². The van der Waals surface area contributed by atoms with E-state index in [1.807, 2.05) is 4.72 Å². The molecule has 2 N–H and O–H groups in total. The van der Waals surface area contributed by atoms with E-state index in [9.17, 15) is 13.2 Å². The fourth-order valence-corrected chi connectivity index (χ4v) is 2.96. The Bertz CT molecular complexity index is 524. The van der Waals surface area contributed by atoms with Gasteiger partial charge in [-0.05, 0) is 25.1 Å². The molecule has 0 aliphatic rings. The Balaban J connectivity index is 3.09. The lowest BCUT2D eigenvalue weighted by Gasteiger charge is -2.10. The van der Waals surface area contributed by atoms with Crippen molar-refractivity contribution in [1.29, 1.82) is 0 Å². The summed E-state index contributed by atoms with van der Waals surface area (Å²) >= 11 is 11.3. The van der Waals surface area contributed by atoms with E-state index >= 15 is 0 Å². The van der Waals surface area contributed by atoms with E-state index < -0.39 is 22.0 Å². The molecule has 17 heavy (non-hydrogen) atoms. The topological polar surface area (TPSA) is 83.5 Å². The first-order valence-corrected chi connectivity index (χ1v) is 6.67. The number of benzene rings is 1. The van der Waals surface area contributed by atoms with Gasteiger partial charge in [0.1, 0.15) is 6.04 Å². The van der Waals surface area contributed by atoms with Gasteiger partial charge in [-0.3, -0.25) is 4.79 Å². The standard InChI is InChI=1S/C9H9Cl2NO4S/c1-5(9(13)14)12-17(15,16)8-3-6(10)2-7(11)4-8/h2-5,12H,1H3,(H,13,14)/t5-/m0/s1. The van der Waals surface area contributed by atoms with Crippen molar-refractivity contribution in [1.82, 2.24) is 4.72 Å². The minimum Gasteiger partial charge on any atom is -0.480 e. The third-order valence-electron chi connectivity index (χ3n) is 1.85. The minimum atomic E-state index is -3.95. The molecule has 0 saturated carbocycles. The van der Waals surface area contributed by atoms with Crippen molar-refractivity contribution < 1.29 is 18.3 Å². The highest BCUT2D eigenvalue weighted by Crippen LogP contribution is 2.22. The number of carboxylic acids is 1. The molecule has 8 heteroatoms. The Hall–Kier alpha value is -0.820. The van der Waals surface area contributed by atoms with Crippen LogP contribution < -0.4 is 4.72 Å². The maximum absolute atomic E-state index is 11.8. The van der Waals surface area contributed by atoms with Crippen LogP contribution in [0.15, 0.2) is 23.1 Å². The molecule has 1 aromatic carbocycles. The largest absolute Gasteiger partial charge is 0.480 e. The van der Waals surface area contributed by atoms with Crippen LogP contribution >= 0.6 is 23.2 Å². The molecule has 0 aromatic heterocycles. The van der Waals surface area contributed by atoms with Gasteiger partial charge in [0.15, 0.2) is 0 Å². The van der Waals surface area contributed by atoms with E-state index in [-0.39, 0.29) is 14.9 Å². The normalized spacial score (nSPS) is 13.4. The third-order valence-corrected chi connectivity index (χ3v) is 3.81. The lowest BCUT2D eigenvalue weighted by atomic mass is 10.4. The summed E-state index contributed by atoms with van der Waals surface area (Å²) in [7, 11) is -3.95. The van der Waals surface area contributed by atoms with Crippen LogP contribution in [0.5, 0.6) is 0 Å². The molecule has 0 heterocycles. The van der Waals surface area contributed by atoms with Crippen LogP contribution in [-0.4, -0.2) is 25.5 Å². The Kier molecular flexibility index (Phi) is 4.37. The number of sulfonamides is 1. The first kappa shape index (κ1) is 14.2. The lowest BCUT2D eigenvalue weighted by Crippen LogP contribution is -2.38. The van der Waals surface area contributed by atoms with Crippen LogP contribution in [0, 0.1) is 0 Å². The molecule has 0 radical (unpaired) electrons. The second-order valence-corrected chi connectivity index (χ2v) is 5.87. The molecule has 0 fully saturated rings. The minimum absolute atomic E-state index is 0.154. The monoisotopic (exact) mass is 297 g/mol. The zero-order valence-electron chi connectivity index (χ0n) is 8.65. The maximum atomic E-state index is 11.8. The highest BCUT2D eigenvalue weighted by molar-refractivity contribution is 7.89. The molecule has 0 bridgehead atoms. The van der Waals surface area contributed by atoms with E-state index in [0.717, 1.165) is 0 Å². The number of aliphatic carboxylic acids is 1. The Morgan fingerprint density at radius 1 is 1.29 bits per heavy atom. The molecule has 0 spiro atoms. The molecular weight excluding hydrogens is 289 g/mol. The van der Waals surface area contributed by atoms with Crippen LogP contribution in [0.1, 0.15) is 6.92 Å². The summed E-state index contributed by atoms with van der Waals surface area (Å²) < 4.78 is 25.5. The van der Waals surface area contributed by atoms with Crippen molar-refractivity contribution in [2.45, 2.75) is 17.9 Å². The van der Waals surface area contributed by atoms with E-state index in [1.165, 1.54) is 25.1 Å². The summed E-state index contributed by atoms with van der Waals surface area (Å²) in [5, 5.41) is 8.93. The van der Waals surface area contributed by atoms with Gasteiger partial charge in [0.2, 0.25) is 10.0 Å². The molecule has 1 rings (SSSR count). The number of carboxylic acid groups (broad SMARTS) is 1. The predicted molar refractivity (Wildman–Crippen MR) is 63.9 cm³/mol. The van der Waals surface area contributed by atoms with Gasteiger partial charge in [-0.15, -0.1) is 0 Å². The van der Waals surface area contributed by atoms with Crippen LogP contribution in [0.2, 0.25) is 10.0 Å². The highest BCUT2D eigenvalue weighted by atomic mass is 35.5. The number of halogens is 2. The smallest absolute Gasteiger partial charge is 0.321 e. The number of carbonyl (C=O) groups is 1. The second kappa shape index (κ2) is 5.22. The first-order valence-electron chi connectivity index (χ1n) is 4.43. The molecule has 0 unspecified atom stereocenters. The van der Waals surface area contributed by atoms with Gasteiger partial charge in [-0.25, -0.2) is 8.42 Å². The van der Waals surface area contributed by atoms with E-state index in [0.29, 0.717) is 0 Å². The Morgan fingerprint density at radius 3 is 2.18 bits per heavy atom. The lowest BCUT2D eigenvalue weighted by molar-refractivity contribution is -0.138. The van der Waals surface area contributed by atoms with Crippen molar-refractivity contribution in [3.8, 4) is 0 Å². The Labute approximate surface area is 108 Å². The van der Waals surface area contributed by atoms with Gasteiger partial charge in [0.05, 0.1) is 4.90 Å². The first-order chi connectivity index (χ1) is 7.72. The molecule has 0 aliphatic heterocycles. The van der Waals surface area contributed by atoms with Crippen molar-refractivity contribution >= 4 is 39.2 Å². The summed E-state index contributed by atoms with van der Waals surface area (Å²) in [6.45, 7) is 1.21. The van der Waals surface area contributed by atoms with Crippen LogP contribution in [0.3, 0.4) is 0 Å². The summed E-state index contributed by atoms with van der Waals surface area (Å²) in [6.07, 6.45) is 0. The molecular formula is C9H9Cl2NO4S. The van der Waals surface area contributed by atoms with Crippen LogP contribution in [-0.2, 0) is 14.8 Å². The third kappa shape index (κ3) is 3.85. The van der Waals surface area contributed by atoms with Gasteiger partial charge < -0.3 is 5.11 Å². The number of rotatable bonds is 4.